The third kappa shape index (κ3) is 6.38. The summed E-state index contributed by atoms with van der Waals surface area (Å²) in [7, 11) is -3.81. The third-order valence-electron chi connectivity index (χ3n) is 2.50. The van der Waals surface area contributed by atoms with Gasteiger partial charge >= 0.3 is 6.33 Å². The van der Waals surface area contributed by atoms with Crippen molar-refractivity contribution in [1.82, 2.24) is 5.10 Å². The largest absolute Gasteiger partial charge is 0.431 e. The average molecular weight is 263 g/mol. The molecule has 0 saturated heterocycles. The molecule has 98 valence electrons. The van der Waals surface area contributed by atoms with Gasteiger partial charge in [-0.2, -0.15) is 8.42 Å². The number of nitrogens with zero attached hydrogens (tertiary/aromatic N) is 2. The number of aryl methyl sites for hydroxylation is 2. The van der Waals surface area contributed by atoms with Gasteiger partial charge in [-0.25, -0.2) is 0 Å². The van der Waals surface area contributed by atoms with Crippen LogP contribution in [0.4, 0.5) is 0 Å². The molecule has 0 bridgehead atoms. The van der Waals surface area contributed by atoms with E-state index in [0.717, 1.165) is 32.4 Å². The maximum Gasteiger partial charge on any atom is 0.431 e. The number of aromatic nitrogens is 3. The summed E-state index contributed by atoms with van der Waals surface area (Å²) in [5, 5.41) is 3.11. The first kappa shape index (κ1) is 14.1. The quantitative estimate of drug-likeness (QED) is 0.395. The Labute approximate surface area is 102 Å². The van der Waals surface area contributed by atoms with Gasteiger partial charge < -0.3 is 0 Å². The molecule has 1 heterocycles. The Morgan fingerprint density at radius 3 is 2.65 bits per heavy atom. The molecule has 0 saturated carbocycles. The first-order chi connectivity index (χ1) is 8.01. The van der Waals surface area contributed by atoms with Crippen LogP contribution in [0.2, 0.25) is 0 Å². The standard InChI is InChI=1S/C10H19N3O3S/c1-2-3-7-13-10-12(9-11-13)6-4-5-8-17(14,15)16/h9-10H,2-8H2,1H3/p+2. The molecular formula is C10H21N3O3S+2. The molecule has 1 aromatic heterocycles. The van der Waals surface area contributed by atoms with E-state index in [0.29, 0.717) is 6.42 Å². The fourth-order valence-electron chi connectivity index (χ4n) is 1.55. The minimum atomic E-state index is -3.81. The summed E-state index contributed by atoms with van der Waals surface area (Å²) >= 11 is 0. The van der Waals surface area contributed by atoms with Crippen molar-refractivity contribution in [2.75, 3.05) is 5.75 Å². The number of hydrogen-bond acceptors (Lipinski definition) is 2. The van der Waals surface area contributed by atoms with Crippen LogP contribution in [0, 0.1) is 0 Å². The molecule has 0 aliphatic heterocycles. The molecule has 0 atom stereocenters. The molecule has 7 heteroatoms. The lowest BCUT2D eigenvalue weighted by molar-refractivity contribution is -0.816. The SMILES string of the molecule is CCCC[n+]1c[n+](CCCCS(=O)(=O)O)c[nH]1. The first-order valence-corrected chi connectivity index (χ1v) is 7.54. The summed E-state index contributed by atoms with van der Waals surface area (Å²) in [4.78, 5) is 0. The van der Waals surface area contributed by atoms with Crippen LogP contribution in [0.1, 0.15) is 32.6 Å². The van der Waals surface area contributed by atoms with Gasteiger partial charge in [-0.1, -0.05) is 18.0 Å². The van der Waals surface area contributed by atoms with Crippen LogP contribution in [0.25, 0.3) is 0 Å². The monoisotopic (exact) mass is 263 g/mol. The van der Waals surface area contributed by atoms with E-state index in [1.165, 1.54) is 0 Å². The van der Waals surface area contributed by atoms with Gasteiger partial charge in [0.25, 0.3) is 16.4 Å². The predicted octanol–water partition coefficient (Wildman–Crippen LogP) is 0.0578. The van der Waals surface area contributed by atoms with Crippen LogP contribution < -0.4 is 9.25 Å². The van der Waals surface area contributed by atoms with Crippen LogP contribution >= 0.6 is 0 Å². The molecule has 6 nitrogen and oxygen atoms in total. The second-order valence-electron chi connectivity index (χ2n) is 4.15. The summed E-state index contributed by atoms with van der Waals surface area (Å²) in [6.45, 7) is 3.87. The Kier molecular flexibility index (Phi) is 5.57. The van der Waals surface area contributed by atoms with E-state index in [1.807, 2.05) is 21.9 Å². The number of unbranched alkanes of at least 4 members (excludes halogenated alkanes) is 2. The second-order valence-corrected chi connectivity index (χ2v) is 5.72. The van der Waals surface area contributed by atoms with Crippen molar-refractivity contribution in [3.8, 4) is 0 Å². The Morgan fingerprint density at radius 1 is 1.24 bits per heavy atom. The first-order valence-electron chi connectivity index (χ1n) is 5.93. The molecule has 1 aromatic rings. The van der Waals surface area contributed by atoms with Gasteiger partial charge in [-0.3, -0.25) is 4.55 Å². The highest BCUT2D eigenvalue weighted by atomic mass is 32.2. The average Bonchev–Trinajstić information content (AvgIpc) is 2.68. The van der Waals surface area contributed by atoms with Gasteiger partial charge in [0.15, 0.2) is 13.1 Å². The highest BCUT2D eigenvalue weighted by Gasteiger charge is 2.12. The van der Waals surface area contributed by atoms with Crippen LogP contribution in [0.15, 0.2) is 12.7 Å². The molecule has 0 unspecified atom stereocenters. The Balaban J connectivity index is 2.25. The van der Waals surface area contributed by atoms with Crippen molar-refractivity contribution in [3.63, 3.8) is 0 Å². The van der Waals surface area contributed by atoms with E-state index in [4.69, 9.17) is 4.55 Å². The van der Waals surface area contributed by atoms with Gasteiger partial charge in [0, 0.05) is 12.8 Å². The molecule has 0 aromatic carbocycles. The fourth-order valence-corrected chi connectivity index (χ4v) is 2.11. The van der Waals surface area contributed by atoms with Crippen LogP contribution in [-0.2, 0) is 23.2 Å². The molecule has 0 fully saturated rings. The molecule has 17 heavy (non-hydrogen) atoms. The Morgan fingerprint density at radius 2 is 2.00 bits per heavy atom. The minimum Gasteiger partial charge on any atom is -0.286 e. The lowest BCUT2D eigenvalue weighted by Crippen LogP contribution is -2.40. The summed E-state index contributed by atoms with van der Waals surface area (Å²) in [6.07, 6.45) is 7.34. The molecule has 0 spiro atoms. The van der Waals surface area contributed by atoms with Crippen LogP contribution in [-0.4, -0.2) is 23.8 Å². The van der Waals surface area contributed by atoms with E-state index in [-0.39, 0.29) is 5.75 Å². The van der Waals surface area contributed by atoms with E-state index < -0.39 is 10.1 Å². The summed E-state index contributed by atoms with van der Waals surface area (Å²) < 4.78 is 33.6. The predicted molar refractivity (Wildman–Crippen MR) is 61.7 cm³/mol. The van der Waals surface area contributed by atoms with Crippen molar-refractivity contribution in [2.45, 2.75) is 45.7 Å². The maximum absolute atomic E-state index is 10.5. The lowest BCUT2D eigenvalue weighted by Gasteiger charge is -1.93. The lowest BCUT2D eigenvalue weighted by atomic mass is 10.3. The zero-order chi connectivity index (χ0) is 12.7. The molecular weight excluding hydrogens is 242 g/mol. The van der Waals surface area contributed by atoms with Gasteiger partial charge in [0.1, 0.15) is 0 Å². The Hall–Kier alpha value is -0.950. The summed E-state index contributed by atoms with van der Waals surface area (Å²) in [6, 6.07) is 0. The zero-order valence-electron chi connectivity index (χ0n) is 10.2. The van der Waals surface area contributed by atoms with E-state index in [1.54, 1.807) is 0 Å². The topological polar surface area (TPSA) is 77.9 Å². The van der Waals surface area contributed by atoms with E-state index in [9.17, 15) is 8.42 Å². The fraction of sp³-hybridized carbons (Fsp3) is 0.800. The van der Waals surface area contributed by atoms with Gasteiger partial charge in [-0.15, -0.1) is 9.67 Å². The van der Waals surface area contributed by atoms with Crippen LogP contribution in [0.5, 0.6) is 0 Å². The van der Waals surface area contributed by atoms with E-state index in [2.05, 4.69) is 12.0 Å². The number of H-pyrrole nitrogens is 1. The zero-order valence-corrected chi connectivity index (χ0v) is 11.0. The molecule has 0 aliphatic carbocycles. The van der Waals surface area contributed by atoms with Crippen molar-refractivity contribution >= 4 is 10.1 Å². The minimum absolute atomic E-state index is 0.159. The van der Waals surface area contributed by atoms with Crippen molar-refractivity contribution in [3.05, 3.63) is 12.7 Å². The highest BCUT2D eigenvalue weighted by Crippen LogP contribution is 1.93. The normalized spacial score (nSPS) is 11.9. The summed E-state index contributed by atoms with van der Waals surface area (Å²) in [5.41, 5.74) is 0. The van der Waals surface area contributed by atoms with Gasteiger partial charge in [-0.05, 0) is 6.42 Å². The maximum atomic E-state index is 10.5. The molecule has 0 radical (unpaired) electrons. The molecule has 0 aliphatic rings. The number of hydrogen-bond donors (Lipinski definition) is 2. The van der Waals surface area contributed by atoms with Crippen LogP contribution in [0.3, 0.4) is 0 Å². The number of rotatable bonds is 8. The highest BCUT2D eigenvalue weighted by molar-refractivity contribution is 7.85. The van der Waals surface area contributed by atoms with Crippen molar-refractivity contribution in [1.29, 1.82) is 0 Å². The van der Waals surface area contributed by atoms with Crippen molar-refractivity contribution < 1.29 is 22.2 Å². The van der Waals surface area contributed by atoms with Crippen molar-refractivity contribution in [2.24, 2.45) is 0 Å². The van der Waals surface area contributed by atoms with Gasteiger partial charge in [0.2, 0.25) is 0 Å². The van der Waals surface area contributed by atoms with Gasteiger partial charge in [0.05, 0.1) is 5.75 Å². The summed E-state index contributed by atoms with van der Waals surface area (Å²) in [5.74, 6) is -0.159. The molecule has 1 rings (SSSR count). The third-order valence-corrected chi connectivity index (χ3v) is 3.30. The smallest absolute Gasteiger partial charge is 0.286 e. The molecule has 2 N–H and O–H groups in total. The second kappa shape index (κ2) is 6.70. The number of aromatic amines is 1. The van der Waals surface area contributed by atoms with E-state index >= 15 is 0 Å². The Bertz CT molecular complexity index is 428. The number of nitrogens with one attached hydrogen (secondary N) is 1. The molecule has 0 amide bonds.